The minimum atomic E-state index is 0.244. The molecule has 0 aliphatic heterocycles. The molecule has 0 aliphatic rings. The standard InChI is InChI=1S/C21H30N2/c1-8-18-22-19(15(3)4)20(17-13-11-10-12-16(17)5)23(18)14-21(6,7)9-2/h10-13H,3,8-9,14H2,1-2,4-7H3. The van der Waals surface area contributed by atoms with E-state index >= 15 is 0 Å². The topological polar surface area (TPSA) is 17.8 Å². The second kappa shape index (κ2) is 6.74. The highest BCUT2D eigenvalue weighted by molar-refractivity contribution is 5.77. The molecule has 2 heteroatoms. The van der Waals surface area contributed by atoms with Gasteiger partial charge in [-0.25, -0.2) is 4.98 Å². The van der Waals surface area contributed by atoms with Gasteiger partial charge in [-0.2, -0.15) is 0 Å². The Morgan fingerprint density at radius 3 is 2.39 bits per heavy atom. The van der Waals surface area contributed by atoms with E-state index in [9.17, 15) is 0 Å². The zero-order chi connectivity index (χ0) is 17.2. The third kappa shape index (κ3) is 3.57. The largest absolute Gasteiger partial charge is 0.327 e. The minimum Gasteiger partial charge on any atom is -0.327 e. The van der Waals surface area contributed by atoms with Crippen molar-refractivity contribution in [1.29, 1.82) is 0 Å². The highest BCUT2D eigenvalue weighted by atomic mass is 15.1. The van der Waals surface area contributed by atoms with Crippen molar-refractivity contribution in [3.63, 3.8) is 0 Å². The van der Waals surface area contributed by atoms with Gasteiger partial charge in [0.2, 0.25) is 0 Å². The van der Waals surface area contributed by atoms with E-state index < -0.39 is 0 Å². The summed E-state index contributed by atoms with van der Waals surface area (Å²) in [5.41, 5.74) is 6.11. The van der Waals surface area contributed by atoms with Crippen molar-refractivity contribution in [1.82, 2.24) is 9.55 Å². The number of imidazole rings is 1. The number of allylic oxidation sites excluding steroid dienone is 1. The number of hydrogen-bond donors (Lipinski definition) is 0. The molecule has 0 aliphatic carbocycles. The second-order valence-electron chi connectivity index (χ2n) is 7.28. The Morgan fingerprint density at radius 2 is 1.87 bits per heavy atom. The molecule has 2 aromatic rings. The molecule has 0 amide bonds. The molecule has 1 aromatic heterocycles. The van der Waals surface area contributed by atoms with Crippen LogP contribution in [0.4, 0.5) is 0 Å². The van der Waals surface area contributed by atoms with Gasteiger partial charge in [0, 0.05) is 18.5 Å². The molecule has 2 rings (SSSR count). The van der Waals surface area contributed by atoms with Crippen LogP contribution >= 0.6 is 0 Å². The number of hydrogen-bond acceptors (Lipinski definition) is 1. The Kier molecular flexibility index (Phi) is 5.13. The molecule has 0 spiro atoms. The number of aryl methyl sites for hydroxylation is 2. The molecule has 0 saturated carbocycles. The molecule has 0 atom stereocenters. The average molecular weight is 310 g/mol. The van der Waals surface area contributed by atoms with Gasteiger partial charge in [-0.05, 0) is 36.8 Å². The van der Waals surface area contributed by atoms with Crippen LogP contribution in [-0.2, 0) is 13.0 Å². The summed E-state index contributed by atoms with van der Waals surface area (Å²) >= 11 is 0. The molecule has 0 N–H and O–H groups in total. The third-order valence-corrected chi connectivity index (χ3v) is 4.71. The molecule has 0 bridgehead atoms. The number of rotatable bonds is 6. The minimum absolute atomic E-state index is 0.244. The second-order valence-corrected chi connectivity index (χ2v) is 7.28. The van der Waals surface area contributed by atoms with Gasteiger partial charge in [-0.15, -0.1) is 0 Å². The zero-order valence-electron chi connectivity index (χ0n) is 15.5. The van der Waals surface area contributed by atoms with E-state index in [0.29, 0.717) is 0 Å². The molecule has 2 nitrogen and oxygen atoms in total. The van der Waals surface area contributed by atoms with Crippen LogP contribution in [-0.4, -0.2) is 9.55 Å². The van der Waals surface area contributed by atoms with Crippen molar-refractivity contribution in [3.8, 4) is 11.3 Å². The van der Waals surface area contributed by atoms with Crippen molar-refractivity contribution in [3.05, 3.63) is 47.9 Å². The predicted molar refractivity (Wildman–Crippen MR) is 101 cm³/mol. The molecule has 124 valence electrons. The lowest BCUT2D eigenvalue weighted by Gasteiger charge is -2.26. The fraction of sp³-hybridized carbons (Fsp3) is 0.476. The van der Waals surface area contributed by atoms with Gasteiger partial charge in [0.1, 0.15) is 5.82 Å². The van der Waals surface area contributed by atoms with Gasteiger partial charge >= 0.3 is 0 Å². The van der Waals surface area contributed by atoms with Crippen LogP contribution in [0.15, 0.2) is 30.8 Å². The van der Waals surface area contributed by atoms with Crippen LogP contribution in [0.5, 0.6) is 0 Å². The van der Waals surface area contributed by atoms with E-state index in [1.165, 1.54) is 16.8 Å². The molecular weight excluding hydrogens is 280 g/mol. The summed E-state index contributed by atoms with van der Waals surface area (Å²) < 4.78 is 2.43. The van der Waals surface area contributed by atoms with E-state index in [1.807, 2.05) is 0 Å². The van der Waals surface area contributed by atoms with E-state index in [0.717, 1.165) is 36.5 Å². The highest BCUT2D eigenvalue weighted by Crippen LogP contribution is 2.34. The van der Waals surface area contributed by atoms with Crippen LogP contribution in [0.25, 0.3) is 16.8 Å². The quantitative estimate of drug-likeness (QED) is 0.650. The number of nitrogens with zero attached hydrogens (tertiary/aromatic N) is 2. The summed E-state index contributed by atoms with van der Waals surface area (Å²) in [6, 6.07) is 8.58. The van der Waals surface area contributed by atoms with E-state index in [1.54, 1.807) is 0 Å². The third-order valence-electron chi connectivity index (χ3n) is 4.71. The molecule has 0 unspecified atom stereocenters. The molecule has 0 radical (unpaired) electrons. The average Bonchev–Trinajstić information content (AvgIpc) is 2.86. The first-order valence-electron chi connectivity index (χ1n) is 8.62. The lowest BCUT2D eigenvalue weighted by molar-refractivity contribution is 0.292. The lowest BCUT2D eigenvalue weighted by Crippen LogP contribution is -2.21. The molecule has 1 heterocycles. The van der Waals surface area contributed by atoms with E-state index in [-0.39, 0.29) is 5.41 Å². The first-order chi connectivity index (χ1) is 10.8. The summed E-state index contributed by atoms with van der Waals surface area (Å²) in [5, 5.41) is 0. The predicted octanol–water partition coefficient (Wildman–Crippen LogP) is 5.89. The Bertz CT molecular complexity index is 705. The van der Waals surface area contributed by atoms with Crippen molar-refractivity contribution >= 4 is 5.57 Å². The van der Waals surface area contributed by atoms with Gasteiger partial charge in [0.25, 0.3) is 0 Å². The smallest absolute Gasteiger partial charge is 0.109 e. The normalized spacial score (nSPS) is 11.7. The first-order valence-corrected chi connectivity index (χ1v) is 8.62. The summed E-state index contributed by atoms with van der Waals surface area (Å²) in [7, 11) is 0. The van der Waals surface area contributed by atoms with Crippen molar-refractivity contribution in [2.75, 3.05) is 0 Å². The van der Waals surface area contributed by atoms with Crippen LogP contribution in [0, 0.1) is 12.3 Å². The molecule has 0 fully saturated rings. The molecule has 23 heavy (non-hydrogen) atoms. The molecular formula is C21H30N2. The summed E-state index contributed by atoms with van der Waals surface area (Å²) in [6.07, 6.45) is 2.08. The summed E-state index contributed by atoms with van der Waals surface area (Å²) in [5.74, 6) is 1.16. The lowest BCUT2D eigenvalue weighted by atomic mass is 9.89. The highest BCUT2D eigenvalue weighted by Gasteiger charge is 2.24. The Labute approximate surface area is 141 Å². The maximum atomic E-state index is 4.93. The van der Waals surface area contributed by atoms with Crippen LogP contribution < -0.4 is 0 Å². The number of benzene rings is 1. The molecule has 0 saturated heterocycles. The Balaban J connectivity index is 2.73. The van der Waals surface area contributed by atoms with Gasteiger partial charge in [-0.3, -0.25) is 0 Å². The van der Waals surface area contributed by atoms with Crippen LogP contribution in [0.2, 0.25) is 0 Å². The van der Waals surface area contributed by atoms with Crippen molar-refractivity contribution in [2.45, 2.75) is 60.9 Å². The van der Waals surface area contributed by atoms with Gasteiger partial charge in [0.15, 0.2) is 0 Å². The van der Waals surface area contributed by atoms with E-state index in [4.69, 9.17) is 4.98 Å². The summed E-state index contributed by atoms with van der Waals surface area (Å²) in [4.78, 5) is 4.93. The molecule has 1 aromatic carbocycles. The van der Waals surface area contributed by atoms with Gasteiger partial charge in [-0.1, -0.05) is 58.5 Å². The maximum Gasteiger partial charge on any atom is 0.109 e. The van der Waals surface area contributed by atoms with Crippen LogP contribution in [0.3, 0.4) is 0 Å². The van der Waals surface area contributed by atoms with Gasteiger partial charge < -0.3 is 4.57 Å². The fourth-order valence-corrected chi connectivity index (χ4v) is 2.89. The van der Waals surface area contributed by atoms with Crippen molar-refractivity contribution in [2.24, 2.45) is 5.41 Å². The first kappa shape index (κ1) is 17.5. The van der Waals surface area contributed by atoms with Crippen molar-refractivity contribution < 1.29 is 0 Å². The van der Waals surface area contributed by atoms with Crippen LogP contribution in [0.1, 0.15) is 58.1 Å². The van der Waals surface area contributed by atoms with E-state index in [2.05, 4.69) is 77.0 Å². The monoisotopic (exact) mass is 310 g/mol. The van der Waals surface area contributed by atoms with Gasteiger partial charge in [0.05, 0.1) is 11.4 Å². The maximum absolute atomic E-state index is 4.93. The number of aromatic nitrogens is 2. The SMILES string of the molecule is C=C(C)c1nc(CC)n(CC(C)(C)CC)c1-c1ccccc1C. The summed E-state index contributed by atoms with van der Waals surface area (Å²) in [6.45, 7) is 18.5. The Hall–Kier alpha value is -1.83. The zero-order valence-corrected chi connectivity index (χ0v) is 15.5. The fourth-order valence-electron chi connectivity index (χ4n) is 2.89. The Morgan fingerprint density at radius 1 is 1.22 bits per heavy atom.